The van der Waals surface area contributed by atoms with Gasteiger partial charge >= 0.3 is 0 Å². The van der Waals surface area contributed by atoms with E-state index in [1.54, 1.807) is 25.1 Å². The number of hydrogen-bond donors (Lipinski definition) is 2. The fourth-order valence-corrected chi connectivity index (χ4v) is 2.12. The van der Waals surface area contributed by atoms with Crippen molar-refractivity contribution in [2.75, 3.05) is 12.4 Å². The van der Waals surface area contributed by atoms with E-state index in [2.05, 4.69) is 12.2 Å². The van der Waals surface area contributed by atoms with E-state index in [1.807, 2.05) is 0 Å². The molecule has 0 aliphatic carbocycles. The van der Waals surface area contributed by atoms with Crippen LogP contribution in [0.15, 0.2) is 18.2 Å². The summed E-state index contributed by atoms with van der Waals surface area (Å²) in [6, 6.07) is 4.97. The van der Waals surface area contributed by atoms with Crippen LogP contribution >= 0.6 is 11.6 Å². The van der Waals surface area contributed by atoms with Gasteiger partial charge in [0.1, 0.15) is 5.75 Å². The lowest BCUT2D eigenvalue weighted by Gasteiger charge is -2.15. The number of nitrogens with one attached hydrogen (secondary N) is 1. The molecule has 0 aliphatic heterocycles. The maximum absolute atomic E-state index is 12.0. The summed E-state index contributed by atoms with van der Waals surface area (Å²) in [6.45, 7) is 4.44. The molecule has 3 nitrogen and oxygen atoms in total. The molecule has 0 saturated heterocycles. The SMILES string of the molecule is CCC(CCCl)CNC(=O)c1cccc(O)c1C. The first-order valence-electron chi connectivity index (χ1n) is 6.22. The molecule has 0 saturated carbocycles. The van der Waals surface area contributed by atoms with Gasteiger partial charge in [0.15, 0.2) is 0 Å². The number of alkyl halides is 1. The highest BCUT2D eigenvalue weighted by Gasteiger charge is 2.13. The van der Waals surface area contributed by atoms with Gasteiger partial charge in [0.25, 0.3) is 5.91 Å². The summed E-state index contributed by atoms with van der Waals surface area (Å²) >= 11 is 5.71. The van der Waals surface area contributed by atoms with E-state index in [1.165, 1.54) is 0 Å². The lowest BCUT2D eigenvalue weighted by molar-refractivity contribution is 0.0945. The third-order valence-electron chi connectivity index (χ3n) is 3.20. The molecule has 100 valence electrons. The smallest absolute Gasteiger partial charge is 0.251 e. The highest BCUT2D eigenvalue weighted by molar-refractivity contribution is 6.17. The van der Waals surface area contributed by atoms with Crippen LogP contribution in [0.4, 0.5) is 0 Å². The highest BCUT2D eigenvalue weighted by atomic mass is 35.5. The van der Waals surface area contributed by atoms with Crippen LogP contribution in [0.1, 0.15) is 35.7 Å². The zero-order chi connectivity index (χ0) is 13.5. The molecule has 0 aliphatic rings. The Morgan fingerprint density at radius 2 is 2.22 bits per heavy atom. The number of amides is 1. The number of phenolic OH excluding ortho intramolecular Hbond substituents is 1. The van der Waals surface area contributed by atoms with Gasteiger partial charge in [0.2, 0.25) is 0 Å². The number of aromatic hydroxyl groups is 1. The second-order valence-corrected chi connectivity index (χ2v) is 4.79. The lowest BCUT2D eigenvalue weighted by atomic mass is 10.0. The van der Waals surface area contributed by atoms with Gasteiger partial charge in [-0.15, -0.1) is 11.6 Å². The van der Waals surface area contributed by atoms with Crippen LogP contribution in [0.25, 0.3) is 0 Å². The van der Waals surface area contributed by atoms with Crippen molar-refractivity contribution in [3.8, 4) is 5.75 Å². The highest BCUT2D eigenvalue weighted by Crippen LogP contribution is 2.19. The molecule has 2 N–H and O–H groups in total. The number of carbonyl (C=O) groups excluding carboxylic acids is 1. The summed E-state index contributed by atoms with van der Waals surface area (Å²) in [6.07, 6.45) is 1.89. The van der Waals surface area contributed by atoms with Gasteiger partial charge in [-0.3, -0.25) is 4.79 Å². The molecule has 1 rings (SSSR count). The van der Waals surface area contributed by atoms with Crippen molar-refractivity contribution in [3.05, 3.63) is 29.3 Å². The second-order valence-electron chi connectivity index (χ2n) is 4.41. The number of halogens is 1. The average molecular weight is 270 g/mol. The molecular formula is C14H20ClNO2. The van der Waals surface area contributed by atoms with Crippen LogP contribution in [0.5, 0.6) is 5.75 Å². The Balaban J connectivity index is 2.62. The van der Waals surface area contributed by atoms with Gasteiger partial charge < -0.3 is 10.4 Å². The second kappa shape index (κ2) is 7.27. The van der Waals surface area contributed by atoms with Crippen LogP contribution in [0, 0.1) is 12.8 Å². The number of benzene rings is 1. The van der Waals surface area contributed by atoms with Crippen molar-refractivity contribution < 1.29 is 9.90 Å². The van der Waals surface area contributed by atoms with Gasteiger partial charge in [0.05, 0.1) is 0 Å². The molecule has 0 bridgehead atoms. The summed E-state index contributed by atoms with van der Waals surface area (Å²) in [4.78, 5) is 12.0. The molecule has 0 heterocycles. The van der Waals surface area contributed by atoms with Crippen LogP contribution in [0.3, 0.4) is 0 Å². The fraction of sp³-hybridized carbons (Fsp3) is 0.500. The first-order chi connectivity index (χ1) is 8.60. The minimum Gasteiger partial charge on any atom is -0.508 e. The van der Waals surface area contributed by atoms with E-state index in [0.29, 0.717) is 29.5 Å². The number of carbonyl (C=O) groups is 1. The third kappa shape index (κ3) is 3.91. The first-order valence-corrected chi connectivity index (χ1v) is 6.76. The predicted octanol–water partition coefficient (Wildman–Crippen LogP) is 3.09. The molecule has 1 aromatic rings. The van der Waals surface area contributed by atoms with Crippen LogP contribution < -0.4 is 5.32 Å². The molecule has 1 aromatic carbocycles. The topological polar surface area (TPSA) is 49.3 Å². The van der Waals surface area contributed by atoms with Gasteiger partial charge in [0, 0.05) is 23.6 Å². The largest absolute Gasteiger partial charge is 0.508 e. The molecule has 1 atom stereocenters. The maximum atomic E-state index is 12.0. The van der Waals surface area contributed by atoms with E-state index in [4.69, 9.17) is 11.6 Å². The van der Waals surface area contributed by atoms with Crippen LogP contribution in [-0.4, -0.2) is 23.4 Å². The van der Waals surface area contributed by atoms with Gasteiger partial charge in [-0.2, -0.15) is 0 Å². The summed E-state index contributed by atoms with van der Waals surface area (Å²) in [7, 11) is 0. The maximum Gasteiger partial charge on any atom is 0.251 e. The van der Waals surface area contributed by atoms with E-state index in [9.17, 15) is 9.90 Å². The predicted molar refractivity (Wildman–Crippen MR) is 74.3 cm³/mol. The molecule has 18 heavy (non-hydrogen) atoms. The molecule has 0 radical (unpaired) electrons. The van der Waals surface area contributed by atoms with Gasteiger partial charge in [-0.25, -0.2) is 0 Å². The molecule has 0 spiro atoms. The minimum absolute atomic E-state index is 0.142. The quantitative estimate of drug-likeness (QED) is 0.780. The Morgan fingerprint density at radius 1 is 1.50 bits per heavy atom. The molecular weight excluding hydrogens is 250 g/mol. The monoisotopic (exact) mass is 269 g/mol. The summed E-state index contributed by atoms with van der Waals surface area (Å²) in [5.74, 6) is 1.02. The normalized spacial score (nSPS) is 12.2. The minimum atomic E-state index is -0.142. The third-order valence-corrected chi connectivity index (χ3v) is 3.41. The van der Waals surface area contributed by atoms with E-state index < -0.39 is 0 Å². The molecule has 0 fully saturated rings. The molecule has 0 aromatic heterocycles. The Kier molecular flexibility index (Phi) is 5.99. The standard InChI is InChI=1S/C14H20ClNO2/c1-3-11(7-8-15)9-16-14(18)12-5-4-6-13(17)10(12)2/h4-6,11,17H,3,7-9H2,1-2H3,(H,16,18). The van der Waals surface area contributed by atoms with Crippen molar-refractivity contribution in [1.82, 2.24) is 5.32 Å². The Bertz CT molecular complexity index is 407. The van der Waals surface area contributed by atoms with E-state index in [0.717, 1.165) is 12.8 Å². The number of hydrogen-bond acceptors (Lipinski definition) is 2. The number of rotatable bonds is 6. The molecule has 1 amide bonds. The Morgan fingerprint density at radius 3 is 2.83 bits per heavy atom. The van der Waals surface area contributed by atoms with E-state index >= 15 is 0 Å². The molecule has 4 heteroatoms. The van der Waals surface area contributed by atoms with Crippen molar-refractivity contribution in [2.24, 2.45) is 5.92 Å². The zero-order valence-corrected chi connectivity index (χ0v) is 11.6. The Labute approximate surface area is 113 Å². The van der Waals surface area contributed by atoms with Crippen molar-refractivity contribution in [1.29, 1.82) is 0 Å². The van der Waals surface area contributed by atoms with Crippen LogP contribution in [-0.2, 0) is 0 Å². The van der Waals surface area contributed by atoms with Crippen LogP contribution in [0.2, 0.25) is 0 Å². The summed E-state index contributed by atoms with van der Waals surface area (Å²) < 4.78 is 0. The van der Waals surface area contributed by atoms with Crippen molar-refractivity contribution in [3.63, 3.8) is 0 Å². The zero-order valence-electron chi connectivity index (χ0n) is 10.9. The lowest BCUT2D eigenvalue weighted by Crippen LogP contribution is -2.29. The Hall–Kier alpha value is -1.22. The fourth-order valence-electron chi connectivity index (χ4n) is 1.81. The van der Waals surface area contributed by atoms with E-state index in [-0.39, 0.29) is 11.7 Å². The van der Waals surface area contributed by atoms with Crippen molar-refractivity contribution in [2.45, 2.75) is 26.7 Å². The van der Waals surface area contributed by atoms with Crippen molar-refractivity contribution >= 4 is 17.5 Å². The van der Waals surface area contributed by atoms with Gasteiger partial charge in [-0.05, 0) is 31.4 Å². The first kappa shape index (κ1) is 14.8. The average Bonchev–Trinajstić information content (AvgIpc) is 2.37. The number of phenols is 1. The summed E-state index contributed by atoms with van der Waals surface area (Å²) in [5, 5.41) is 12.5. The molecule has 1 unspecified atom stereocenters. The summed E-state index contributed by atoms with van der Waals surface area (Å²) in [5.41, 5.74) is 1.14. The van der Waals surface area contributed by atoms with Gasteiger partial charge in [-0.1, -0.05) is 19.4 Å².